The topological polar surface area (TPSA) is 41.5 Å². The van der Waals surface area contributed by atoms with Crippen LogP contribution in [0, 0.1) is 0 Å². The van der Waals surface area contributed by atoms with E-state index in [4.69, 9.17) is 4.74 Å². The van der Waals surface area contributed by atoms with Crippen molar-refractivity contribution in [2.24, 2.45) is 0 Å². The zero-order chi connectivity index (χ0) is 8.74. The molecule has 0 radical (unpaired) electrons. The maximum atomic E-state index is 9.61. The molecule has 0 spiro atoms. The van der Waals surface area contributed by atoms with E-state index in [9.17, 15) is 5.11 Å². The molecule has 68 valence electrons. The lowest BCUT2D eigenvalue weighted by Gasteiger charge is -2.22. The Balaban J connectivity index is 3.43. The number of rotatable bonds is 6. The molecule has 0 bridgehead atoms. The third kappa shape index (κ3) is 6.28. The van der Waals surface area contributed by atoms with Crippen molar-refractivity contribution in [1.29, 1.82) is 0 Å². The minimum atomic E-state index is -0.682. The van der Waals surface area contributed by atoms with E-state index < -0.39 is 5.60 Å². The Morgan fingerprint density at radius 2 is 2.18 bits per heavy atom. The summed E-state index contributed by atoms with van der Waals surface area (Å²) in [6.45, 7) is 5.62. The van der Waals surface area contributed by atoms with Crippen molar-refractivity contribution in [2.75, 3.05) is 26.8 Å². The van der Waals surface area contributed by atoms with Crippen molar-refractivity contribution in [3.63, 3.8) is 0 Å². The minimum Gasteiger partial charge on any atom is -0.388 e. The summed E-state index contributed by atoms with van der Waals surface area (Å²) in [5, 5.41) is 12.6. The van der Waals surface area contributed by atoms with Gasteiger partial charge in [-0.3, -0.25) is 0 Å². The number of nitrogens with one attached hydrogen (secondary N) is 1. The lowest BCUT2D eigenvalue weighted by atomic mass is 10.0. The Labute approximate surface area is 68.8 Å². The van der Waals surface area contributed by atoms with Crippen LogP contribution in [0.25, 0.3) is 0 Å². The van der Waals surface area contributed by atoms with Gasteiger partial charge in [0.1, 0.15) is 0 Å². The van der Waals surface area contributed by atoms with E-state index >= 15 is 0 Å². The summed E-state index contributed by atoms with van der Waals surface area (Å²) in [6, 6.07) is 0. The van der Waals surface area contributed by atoms with Gasteiger partial charge in [-0.05, 0) is 33.9 Å². The van der Waals surface area contributed by atoms with Crippen LogP contribution in [0.4, 0.5) is 0 Å². The van der Waals surface area contributed by atoms with Gasteiger partial charge >= 0.3 is 0 Å². The first-order valence-corrected chi connectivity index (χ1v) is 4.07. The lowest BCUT2D eigenvalue weighted by Crippen LogP contribution is -2.34. The predicted molar refractivity (Wildman–Crippen MR) is 45.7 cm³/mol. The van der Waals surface area contributed by atoms with E-state index in [-0.39, 0.29) is 0 Å². The Kier molecular flexibility index (Phi) is 5.46. The largest absolute Gasteiger partial charge is 0.388 e. The van der Waals surface area contributed by atoms with Crippen LogP contribution in [0.1, 0.15) is 20.3 Å². The Hall–Kier alpha value is -0.120. The molecule has 0 aromatic rings. The number of aliphatic hydroxyl groups is 1. The third-order valence-electron chi connectivity index (χ3n) is 1.53. The van der Waals surface area contributed by atoms with E-state index in [2.05, 4.69) is 5.32 Å². The minimum absolute atomic E-state index is 0.422. The Bertz CT molecular complexity index is 84.1. The molecule has 0 aliphatic rings. The first kappa shape index (κ1) is 10.9. The maximum absolute atomic E-state index is 9.61. The molecule has 2 N–H and O–H groups in total. The van der Waals surface area contributed by atoms with E-state index in [1.54, 1.807) is 6.92 Å². The average molecular weight is 161 g/mol. The second kappa shape index (κ2) is 5.52. The van der Waals surface area contributed by atoms with E-state index in [0.717, 1.165) is 13.0 Å². The molecule has 0 amide bonds. The van der Waals surface area contributed by atoms with Gasteiger partial charge in [0.2, 0.25) is 0 Å². The molecule has 0 heterocycles. The van der Waals surface area contributed by atoms with Crippen molar-refractivity contribution >= 4 is 0 Å². The summed E-state index contributed by atoms with van der Waals surface area (Å²) in [7, 11) is 1.87. The van der Waals surface area contributed by atoms with Crippen LogP contribution < -0.4 is 5.32 Å². The lowest BCUT2D eigenvalue weighted by molar-refractivity contribution is -0.0347. The number of hydrogen-bond acceptors (Lipinski definition) is 3. The summed E-state index contributed by atoms with van der Waals surface area (Å²) in [6.07, 6.45) is 0.726. The molecule has 0 aromatic heterocycles. The zero-order valence-corrected chi connectivity index (χ0v) is 7.68. The van der Waals surface area contributed by atoms with Crippen LogP contribution >= 0.6 is 0 Å². The van der Waals surface area contributed by atoms with Gasteiger partial charge in [-0.25, -0.2) is 0 Å². The van der Waals surface area contributed by atoms with Crippen molar-refractivity contribution in [1.82, 2.24) is 5.32 Å². The number of hydrogen-bond donors (Lipinski definition) is 2. The third-order valence-corrected chi connectivity index (χ3v) is 1.53. The molecule has 0 fully saturated rings. The second-order valence-electron chi connectivity index (χ2n) is 2.99. The van der Waals surface area contributed by atoms with Crippen LogP contribution in [0.2, 0.25) is 0 Å². The molecule has 0 aliphatic heterocycles. The monoisotopic (exact) mass is 161 g/mol. The van der Waals surface area contributed by atoms with E-state index in [0.29, 0.717) is 13.2 Å². The van der Waals surface area contributed by atoms with Crippen LogP contribution in [-0.4, -0.2) is 37.5 Å². The molecule has 0 saturated carbocycles. The van der Waals surface area contributed by atoms with Crippen LogP contribution in [0.15, 0.2) is 0 Å². The standard InChI is InChI=1S/C8H19NO2/c1-4-11-7-8(2,10)5-6-9-3/h9-10H,4-7H2,1-3H3. The van der Waals surface area contributed by atoms with E-state index in [1.807, 2.05) is 14.0 Å². The molecular formula is C8H19NO2. The fourth-order valence-electron chi connectivity index (χ4n) is 0.788. The summed E-state index contributed by atoms with van der Waals surface area (Å²) in [5.41, 5.74) is -0.682. The summed E-state index contributed by atoms with van der Waals surface area (Å²) in [5.74, 6) is 0. The normalized spacial score (nSPS) is 16.4. The van der Waals surface area contributed by atoms with Crippen LogP contribution in [0.3, 0.4) is 0 Å². The average Bonchev–Trinajstić information content (AvgIpc) is 1.97. The zero-order valence-electron chi connectivity index (χ0n) is 7.68. The van der Waals surface area contributed by atoms with Crippen molar-refractivity contribution in [2.45, 2.75) is 25.9 Å². The number of ether oxygens (including phenoxy) is 1. The summed E-state index contributed by atoms with van der Waals surface area (Å²) >= 11 is 0. The van der Waals surface area contributed by atoms with Gasteiger partial charge < -0.3 is 15.2 Å². The highest BCUT2D eigenvalue weighted by atomic mass is 16.5. The fraction of sp³-hybridized carbons (Fsp3) is 1.00. The molecule has 1 unspecified atom stereocenters. The van der Waals surface area contributed by atoms with E-state index in [1.165, 1.54) is 0 Å². The quantitative estimate of drug-likeness (QED) is 0.592. The molecule has 11 heavy (non-hydrogen) atoms. The Morgan fingerprint density at radius 1 is 1.55 bits per heavy atom. The van der Waals surface area contributed by atoms with Crippen molar-refractivity contribution in [3.05, 3.63) is 0 Å². The van der Waals surface area contributed by atoms with Gasteiger partial charge in [-0.15, -0.1) is 0 Å². The molecule has 1 atom stereocenters. The first-order valence-electron chi connectivity index (χ1n) is 4.07. The molecule has 0 saturated heterocycles. The fourth-order valence-corrected chi connectivity index (χ4v) is 0.788. The SMILES string of the molecule is CCOCC(C)(O)CCNC. The van der Waals surface area contributed by atoms with Crippen LogP contribution in [-0.2, 0) is 4.74 Å². The highest BCUT2D eigenvalue weighted by Gasteiger charge is 2.18. The highest BCUT2D eigenvalue weighted by molar-refractivity contribution is 4.72. The molecule has 0 rings (SSSR count). The highest BCUT2D eigenvalue weighted by Crippen LogP contribution is 2.08. The Morgan fingerprint density at radius 3 is 2.64 bits per heavy atom. The van der Waals surface area contributed by atoms with Gasteiger partial charge in [0.25, 0.3) is 0 Å². The smallest absolute Gasteiger partial charge is 0.0864 e. The van der Waals surface area contributed by atoms with Gasteiger partial charge in [0.15, 0.2) is 0 Å². The first-order chi connectivity index (χ1) is 5.12. The molecule has 0 aliphatic carbocycles. The van der Waals surface area contributed by atoms with Gasteiger partial charge in [-0.1, -0.05) is 0 Å². The summed E-state index contributed by atoms with van der Waals surface area (Å²) < 4.78 is 5.12. The van der Waals surface area contributed by atoms with Gasteiger partial charge in [0, 0.05) is 6.61 Å². The molecule has 3 heteroatoms. The summed E-state index contributed by atoms with van der Waals surface area (Å²) in [4.78, 5) is 0. The second-order valence-corrected chi connectivity index (χ2v) is 2.99. The van der Waals surface area contributed by atoms with Gasteiger partial charge in [0.05, 0.1) is 12.2 Å². The van der Waals surface area contributed by atoms with Crippen molar-refractivity contribution < 1.29 is 9.84 Å². The predicted octanol–water partition coefficient (Wildman–Crippen LogP) is 0.383. The van der Waals surface area contributed by atoms with Crippen LogP contribution in [0.5, 0.6) is 0 Å². The van der Waals surface area contributed by atoms with Gasteiger partial charge in [-0.2, -0.15) is 0 Å². The maximum Gasteiger partial charge on any atom is 0.0864 e. The molecule has 3 nitrogen and oxygen atoms in total. The molecule has 0 aromatic carbocycles. The molecular weight excluding hydrogens is 142 g/mol. The van der Waals surface area contributed by atoms with Crippen molar-refractivity contribution in [3.8, 4) is 0 Å².